The van der Waals surface area contributed by atoms with Gasteiger partial charge in [-0.25, -0.2) is 9.78 Å². The van der Waals surface area contributed by atoms with Crippen LogP contribution in [0.3, 0.4) is 0 Å². The second-order valence-corrected chi connectivity index (χ2v) is 9.62. The monoisotopic (exact) mass is 507 g/mol. The molecule has 0 atom stereocenters. The Morgan fingerprint density at radius 3 is 2.50 bits per heavy atom. The maximum absolute atomic E-state index is 11.4. The number of aliphatic hydroxyl groups is 1. The molecular formula is C27H26ClN3O5. The molecule has 0 aliphatic heterocycles. The van der Waals surface area contributed by atoms with Crippen LogP contribution in [0.25, 0.3) is 22.4 Å². The van der Waals surface area contributed by atoms with Crippen molar-refractivity contribution >= 4 is 28.7 Å². The molecule has 1 aliphatic carbocycles. The largest absolute Gasteiger partial charge is 0.491 e. The average molecular weight is 508 g/mol. The van der Waals surface area contributed by atoms with Crippen molar-refractivity contribution in [1.82, 2.24) is 15.0 Å². The Labute approximate surface area is 212 Å². The lowest BCUT2D eigenvalue weighted by molar-refractivity contribution is -0.0339. The number of pyridine rings is 1. The van der Waals surface area contributed by atoms with Gasteiger partial charge in [-0.2, -0.15) is 4.98 Å². The highest BCUT2D eigenvalue weighted by Gasteiger charge is 2.30. The topological polar surface area (TPSA) is 118 Å². The van der Waals surface area contributed by atoms with Crippen molar-refractivity contribution in [1.29, 1.82) is 0 Å². The normalized spacial score (nSPS) is 15.1. The molecule has 9 heteroatoms. The molecule has 36 heavy (non-hydrogen) atoms. The zero-order chi connectivity index (χ0) is 25.3. The number of H-pyrrole nitrogens is 1. The molecule has 0 spiro atoms. The first-order valence-corrected chi connectivity index (χ1v) is 12.2. The highest BCUT2D eigenvalue weighted by atomic mass is 35.5. The molecule has 4 aromatic rings. The van der Waals surface area contributed by atoms with Gasteiger partial charge in [0, 0.05) is 5.56 Å². The summed E-state index contributed by atoms with van der Waals surface area (Å²) in [6, 6.07) is 14.1. The smallest absolute Gasteiger partial charge is 0.336 e. The van der Waals surface area contributed by atoms with E-state index in [0.717, 1.165) is 37.7 Å². The molecule has 0 saturated heterocycles. The second kappa shape index (κ2) is 9.79. The van der Waals surface area contributed by atoms with E-state index in [4.69, 9.17) is 21.1 Å². The van der Waals surface area contributed by atoms with Crippen molar-refractivity contribution in [3.63, 3.8) is 0 Å². The lowest BCUT2D eigenvalue weighted by atomic mass is 9.85. The van der Waals surface area contributed by atoms with Crippen molar-refractivity contribution < 1.29 is 24.5 Å². The van der Waals surface area contributed by atoms with Crippen LogP contribution in [0.2, 0.25) is 5.02 Å². The molecule has 2 aromatic heterocycles. The van der Waals surface area contributed by atoms with Gasteiger partial charge in [-0.05, 0) is 67.8 Å². The zero-order valence-corrected chi connectivity index (χ0v) is 20.5. The number of benzene rings is 2. The molecule has 0 amide bonds. The number of nitrogens with zero attached hydrogens (tertiary/aromatic N) is 2. The van der Waals surface area contributed by atoms with E-state index in [9.17, 15) is 15.0 Å². The third kappa shape index (κ3) is 5.15. The number of aromatic carboxylic acids is 1. The molecule has 3 N–H and O–H groups in total. The Bertz CT molecular complexity index is 1410. The van der Waals surface area contributed by atoms with Crippen LogP contribution in [-0.2, 0) is 0 Å². The fraction of sp³-hybridized carbons (Fsp3) is 0.296. The summed E-state index contributed by atoms with van der Waals surface area (Å²) in [6.45, 7) is 2.00. The molecule has 1 saturated carbocycles. The molecule has 0 radical (unpaired) electrons. The standard InChI is InChI=1S/C27H26ClN3O5/c1-16-5-8-19(13-20(16)25(32)33)36-26-29-22-14-21(28)23(30-24(22)31-26)17-6-9-18(10-7-17)35-15-27(34)11-3-2-4-12-27/h5-10,13-14,34H,2-4,11-12,15H2,1H3,(H,32,33)(H,29,30,31). The number of fused-ring (bicyclic) bond motifs is 1. The summed E-state index contributed by atoms with van der Waals surface area (Å²) < 4.78 is 11.6. The zero-order valence-electron chi connectivity index (χ0n) is 19.8. The summed E-state index contributed by atoms with van der Waals surface area (Å²) >= 11 is 6.52. The minimum Gasteiger partial charge on any atom is -0.491 e. The van der Waals surface area contributed by atoms with Gasteiger partial charge < -0.3 is 24.7 Å². The first-order chi connectivity index (χ1) is 17.3. The number of aromatic nitrogens is 3. The molecule has 0 bridgehead atoms. The molecule has 8 nitrogen and oxygen atoms in total. The fourth-order valence-electron chi connectivity index (χ4n) is 4.43. The number of rotatable bonds is 7. The maximum Gasteiger partial charge on any atom is 0.336 e. The van der Waals surface area contributed by atoms with Crippen LogP contribution in [-0.4, -0.2) is 43.3 Å². The summed E-state index contributed by atoms with van der Waals surface area (Å²) in [6.07, 6.45) is 4.76. The van der Waals surface area contributed by atoms with Crippen molar-refractivity contribution in [3.05, 3.63) is 64.7 Å². The SMILES string of the molecule is Cc1ccc(Oc2nc3nc(-c4ccc(OCC5(O)CCCCC5)cc4)c(Cl)cc3[nH]2)cc1C(=O)O. The summed E-state index contributed by atoms with van der Waals surface area (Å²) in [7, 11) is 0. The van der Waals surface area contributed by atoms with Gasteiger partial charge in [0.15, 0.2) is 5.65 Å². The average Bonchev–Trinajstić information content (AvgIpc) is 3.25. The molecule has 5 rings (SSSR count). The van der Waals surface area contributed by atoms with Gasteiger partial charge in [0.05, 0.1) is 27.4 Å². The Morgan fingerprint density at radius 2 is 1.78 bits per heavy atom. The number of aromatic amines is 1. The number of halogens is 1. The Balaban J connectivity index is 1.33. The quantitative estimate of drug-likeness (QED) is 0.274. The maximum atomic E-state index is 11.4. The molecule has 1 fully saturated rings. The number of carboxylic acids is 1. The first kappa shape index (κ1) is 24.1. The minimum atomic E-state index is -1.03. The number of hydrogen-bond acceptors (Lipinski definition) is 6. The van der Waals surface area contributed by atoms with Gasteiger partial charge in [0.1, 0.15) is 18.1 Å². The Hall–Kier alpha value is -3.62. The minimum absolute atomic E-state index is 0.160. The van der Waals surface area contributed by atoms with Crippen LogP contribution in [0.1, 0.15) is 48.0 Å². The van der Waals surface area contributed by atoms with Crippen LogP contribution in [0.4, 0.5) is 0 Å². The summed E-state index contributed by atoms with van der Waals surface area (Å²) in [4.78, 5) is 23.4. The third-order valence-corrected chi connectivity index (χ3v) is 6.77. The van der Waals surface area contributed by atoms with Crippen molar-refractivity contribution in [2.75, 3.05) is 6.61 Å². The Kier molecular flexibility index (Phi) is 6.55. The first-order valence-electron chi connectivity index (χ1n) is 11.8. The summed E-state index contributed by atoms with van der Waals surface area (Å²) in [5.74, 6) is -0.0111. The number of carbonyl (C=O) groups is 1. The van der Waals surface area contributed by atoms with E-state index in [2.05, 4.69) is 15.0 Å². The molecule has 1 aliphatic rings. The van der Waals surface area contributed by atoms with E-state index in [1.54, 1.807) is 25.1 Å². The number of nitrogens with one attached hydrogen (secondary N) is 1. The lowest BCUT2D eigenvalue weighted by Gasteiger charge is -2.31. The van der Waals surface area contributed by atoms with E-state index in [0.29, 0.717) is 38.9 Å². The highest BCUT2D eigenvalue weighted by Crippen LogP contribution is 2.33. The Morgan fingerprint density at radius 1 is 1.06 bits per heavy atom. The van der Waals surface area contributed by atoms with Crippen LogP contribution >= 0.6 is 11.6 Å². The van der Waals surface area contributed by atoms with Gasteiger partial charge >= 0.3 is 12.0 Å². The van der Waals surface area contributed by atoms with Gasteiger partial charge in [0.25, 0.3) is 0 Å². The van der Waals surface area contributed by atoms with Gasteiger partial charge in [-0.3, -0.25) is 0 Å². The van der Waals surface area contributed by atoms with E-state index >= 15 is 0 Å². The number of carboxylic acid groups (broad SMARTS) is 1. The predicted octanol–water partition coefficient (Wildman–Crippen LogP) is 6.15. The number of imidazole rings is 1. The molecule has 186 valence electrons. The fourth-order valence-corrected chi connectivity index (χ4v) is 4.69. The molecular weight excluding hydrogens is 482 g/mol. The summed E-state index contributed by atoms with van der Waals surface area (Å²) in [5.41, 5.74) is 2.40. The number of aryl methyl sites for hydroxylation is 1. The van der Waals surface area contributed by atoms with E-state index in [1.807, 2.05) is 24.3 Å². The van der Waals surface area contributed by atoms with Gasteiger partial charge in [-0.15, -0.1) is 0 Å². The van der Waals surface area contributed by atoms with Crippen LogP contribution < -0.4 is 9.47 Å². The number of ether oxygens (including phenoxy) is 2. The molecule has 2 aromatic carbocycles. The van der Waals surface area contributed by atoms with E-state index < -0.39 is 11.6 Å². The van der Waals surface area contributed by atoms with Gasteiger partial charge in [0.2, 0.25) is 0 Å². The third-order valence-electron chi connectivity index (χ3n) is 6.48. The van der Waals surface area contributed by atoms with Gasteiger partial charge in [-0.1, -0.05) is 36.9 Å². The van der Waals surface area contributed by atoms with Crippen molar-refractivity contribution in [2.24, 2.45) is 0 Å². The second-order valence-electron chi connectivity index (χ2n) is 9.21. The van der Waals surface area contributed by atoms with Crippen LogP contribution in [0.15, 0.2) is 48.5 Å². The van der Waals surface area contributed by atoms with Crippen molar-refractivity contribution in [2.45, 2.75) is 44.6 Å². The highest BCUT2D eigenvalue weighted by molar-refractivity contribution is 6.33. The van der Waals surface area contributed by atoms with Crippen LogP contribution in [0.5, 0.6) is 17.5 Å². The molecule has 0 unspecified atom stereocenters. The van der Waals surface area contributed by atoms with Crippen molar-refractivity contribution in [3.8, 4) is 28.8 Å². The van der Waals surface area contributed by atoms with E-state index in [1.165, 1.54) is 6.07 Å². The van der Waals surface area contributed by atoms with E-state index in [-0.39, 0.29) is 18.2 Å². The number of hydrogen-bond donors (Lipinski definition) is 3. The summed E-state index contributed by atoms with van der Waals surface area (Å²) in [5, 5.41) is 20.4. The predicted molar refractivity (Wildman–Crippen MR) is 136 cm³/mol. The van der Waals surface area contributed by atoms with Crippen LogP contribution in [0, 0.1) is 6.92 Å². The molecule has 2 heterocycles. The lowest BCUT2D eigenvalue weighted by Crippen LogP contribution is -2.37.